The second-order valence-corrected chi connectivity index (χ2v) is 5.07. The van der Waals surface area contributed by atoms with E-state index in [4.69, 9.17) is 10.9 Å². The molecular weight excluding hydrogens is 206 g/mol. The zero-order chi connectivity index (χ0) is 11.8. The molecule has 2 aliphatic rings. The monoisotopic (exact) mass is 225 g/mol. The summed E-state index contributed by atoms with van der Waals surface area (Å²) in [6.07, 6.45) is 3.46. The zero-order valence-electron chi connectivity index (χ0n) is 9.65. The molecule has 90 valence electrons. The summed E-state index contributed by atoms with van der Waals surface area (Å²) in [7, 11) is 0. The number of rotatable bonds is 2. The van der Waals surface area contributed by atoms with Crippen LogP contribution in [0.1, 0.15) is 32.6 Å². The highest BCUT2D eigenvalue weighted by Gasteiger charge is 2.50. The van der Waals surface area contributed by atoms with Crippen molar-refractivity contribution in [3.8, 4) is 0 Å². The molecule has 3 N–H and O–H groups in total. The molecule has 1 saturated heterocycles. The molecule has 0 spiro atoms. The highest BCUT2D eigenvalue weighted by atomic mass is 16.4. The minimum Gasteiger partial charge on any atom is -0.409 e. The van der Waals surface area contributed by atoms with E-state index in [0.29, 0.717) is 18.8 Å². The molecule has 5 nitrogen and oxygen atoms in total. The van der Waals surface area contributed by atoms with Crippen molar-refractivity contribution in [1.82, 2.24) is 4.90 Å². The molecule has 2 rings (SSSR count). The lowest BCUT2D eigenvalue weighted by atomic mass is 9.67. The third-order valence-electron chi connectivity index (χ3n) is 3.93. The predicted octanol–water partition coefficient (Wildman–Crippen LogP) is 0.771. The standard InChI is InChI=1S/C11H19N3O2/c1-8-3-6-14(7-8)10(15)11(4-2-5-11)9(12)13-16/h8,16H,2-7H2,1H3,(H2,12,13). The minimum atomic E-state index is -0.696. The van der Waals surface area contributed by atoms with Crippen LogP contribution in [0.4, 0.5) is 0 Å². The lowest BCUT2D eigenvalue weighted by molar-refractivity contribution is -0.141. The molecule has 2 fully saturated rings. The van der Waals surface area contributed by atoms with Gasteiger partial charge in [-0.1, -0.05) is 18.5 Å². The number of oxime groups is 1. The summed E-state index contributed by atoms with van der Waals surface area (Å²) < 4.78 is 0. The molecule has 0 aromatic rings. The number of nitrogens with two attached hydrogens (primary N) is 1. The second-order valence-electron chi connectivity index (χ2n) is 5.07. The zero-order valence-corrected chi connectivity index (χ0v) is 9.65. The Balaban J connectivity index is 2.13. The Morgan fingerprint density at radius 3 is 2.62 bits per heavy atom. The summed E-state index contributed by atoms with van der Waals surface area (Å²) in [4.78, 5) is 14.2. The van der Waals surface area contributed by atoms with Crippen LogP contribution in [0.3, 0.4) is 0 Å². The first-order chi connectivity index (χ1) is 7.60. The van der Waals surface area contributed by atoms with Crippen LogP contribution in [-0.4, -0.2) is 34.9 Å². The molecule has 5 heteroatoms. The number of nitrogens with zero attached hydrogens (tertiary/aromatic N) is 2. The second kappa shape index (κ2) is 3.96. The van der Waals surface area contributed by atoms with Crippen molar-refractivity contribution >= 4 is 11.7 Å². The van der Waals surface area contributed by atoms with Crippen molar-refractivity contribution in [2.24, 2.45) is 22.2 Å². The van der Waals surface area contributed by atoms with Gasteiger partial charge in [0, 0.05) is 13.1 Å². The van der Waals surface area contributed by atoms with E-state index in [1.54, 1.807) is 0 Å². The highest BCUT2D eigenvalue weighted by molar-refractivity contribution is 6.07. The lowest BCUT2D eigenvalue weighted by Crippen LogP contribution is -2.54. The number of amides is 1. The van der Waals surface area contributed by atoms with E-state index in [1.165, 1.54) is 0 Å². The Bertz CT molecular complexity index is 323. The average Bonchev–Trinajstić information content (AvgIpc) is 2.62. The molecule has 0 aromatic carbocycles. The van der Waals surface area contributed by atoms with Crippen LogP contribution in [0, 0.1) is 11.3 Å². The maximum absolute atomic E-state index is 12.3. The molecule has 1 amide bonds. The van der Waals surface area contributed by atoms with Crippen molar-refractivity contribution in [3.63, 3.8) is 0 Å². The molecular formula is C11H19N3O2. The Kier molecular flexibility index (Phi) is 2.78. The summed E-state index contributed by atoms with van der Waals surface area (Å²) in [5.74, 6) is 0.704. The number of carbonyl (C=O) groups is 1. The summed E-state index contributed by atoms with van der Waals surface area (Å²) >= 11 is 0. The average molecular weight is 225 g/mol. The maximum atomic E-state index is 12.3. The Hall–Kier alpha value is -1.26. The lowest BCUT2D eigenvalue weighted by Gasteiger charge is -2.41. The predicted molar refractivity (Wildman–Crippen MR) is 60.1 cm³/mol. The first-order valence-electron chi connectivity index (χ1n) is 5.87. The van der Waals surface area contributed by atoms with Gasteiger partial charge in [0.15, 0.2) is 5.84 Å². The minimum absolute atomic E-state index is 0.0541. The fourth-order valence-electron chi connectivity index (χ4n) is 2.63. The van der Waals surface area contributed by atoms with E-state index in [-0.39, 0.29) is 11.7 Å². The normalized spacial score (nSPS) is 28.9. The van der Waals surface area contributed by atoms with Gasteiger partial charge in [0.2, 0.25) is 5.91 Å². The van der Waals surface area contributed by atoms with Crippen molar-refractivity contribution in [3.05, 3.63) is 0 Å². The fraction of sp³-hybridized carbons (Fsp3) is 0.818. The number of likely N-dealkylation sites (tertiary alicyclic amines) is 1. The van der Waals surface area contributed by atoms with Crippen LogP contribution in [0.25, 0.3) is 0 Å². The van der Waals surface area contributed by atoms with Gasteiger partial charge < -0.3 is 15.8 Å². The third kappa shape index (κ3) is 1.54. The van der Waals surface area contributed by atoms with Gasteiger partial charge in [0.1, 0.15) is 5.41 Å². The van der Waals surface area contributed by atoms with Crippen molar-refractivity contribution in [2.45, 2.75) is 32.6 Å². The van der Waals surface area contributed by atoms with Crippen LogP contribution in [0.2, 0.25) is 0 Å². The van der Waals surface area contributed by atoms with E-state index in [1.807, 2.05) is 4.90 Å². The molecule has 16 heavy (non-hydrogen) atoms. The Morgan fingerprint density at radius 2 is 2.25 bits per heavy atom. The molecule has 0 radical (unpaired) electrons. The molecule has 1 saturated carbocycles. The molecule has 1 aliphatic heterocycles. The molecule has 1 heterocycles. The first kappa shape index (κ1) is 11.2. The topological polar surface area (TPSA) is 78.9 Å². The van der Waals surface area contributed by atoms with Crippen LogP contribution >= 0.6 is 0 Å². The summed E-state index contributed by atoms with van der Waals surface area (Å²) in [6.45, 7) is 3.75. The van der Waals surface area contributed by atoms with Crippen molar-refractivity contribution in [2.75, 3.05) is 13.1 Å². The Labute approximate surface area is 95.3 Å². The van der Waals surface area contributed by atoms with Gasteiger partial charge >= 0.3 is 0 Å². The first-order valence-corrected chi connectivity index (χ1v) is 5.87. The van der Waals surface area contributed by atoms with Gasteiger partial charge in [-0.05, 0) is 25.2 Å². The molecule has 0 bridgehead atoms. The van der Waals surface area contributed by atoms with Gasteiger partial charge in [-0.15, -0.1) is 0 Å². The van der Waals surface area contributed by atoms with Gasteiger partial charge in [-0.2, -0.15) is 0 Å². The highest BCUT2D eigenvalue weighted by Crippen LogP contribution is 2.43. The summed E-state index contributed by atoms with van der Waals surface area (Å²) in [5.41, 5.74) is 4.97. The van der Waals surface area contributed by atoms with E-state index < -0.39 is 5.41 Å². The molecule has 1 unspecified atom stereocenters. The third-order valence-corrected chi connectivity index (χ3v) is 3.93. The number of hydrogen-bond donors (Lipinski definition) is 2. The fourth-order valence-corrected chi connectivity index (χ4v) is 2.63. The van der Waals surface area contributed by atoms with E-state index in [0.717, 1.165) is 25.9 Å². The van der Waals surface area contributed by atoms with Gasteiger partial charge in [-0.3, -0.25) is 4.79 Å². The molecule has 1 aliphatic carbocycles. The largest absolute Gasteiger partial charge is 0.409 e. The van der Waals surface area contributed by atoms with E-state index in [9.17, 15) is 4.79 Å². The van der Waals surface area contributed by atoms with Gasteiger partial charge in [0.25, 0.3) is 0 Å². The van der Waals surface area contributed by atoms with E-state index in [2.05, 4.69) is 12.1 Å². The van der Waals surface area contributed by atoms with Crippen LogP contribution < -0.4 is 5.73 Å². The van der Waals surface area contributed by atoms with Crippen molar-refractivity contribution < 1.29 is 10.0 Å². The quantitative estimate of drug-likeness (QED) is 0.315. The maximum Gasteiger partial charge on any atom is 0.236 e. The van der Waals surface area contributed by atoms with Gasteiger partial charge in [0.05, 0.1) is 0 Å². The molecule has 0 aromatic heterocycles. The van der Waals surface area contributed by atoms with E-state index >= 15 is 0 Å². The van der Waals surface area contributed by atoms with Gasteiger partial charge in [-0.25, -0.2) is 0 Å². The number of hydrogen-bond acceptors (Lipinski definition) is 3. The molecule has 1 atom stereocenters. The number of carbonyl (C=O) groups excluding carboxylic acids is 1. The Morgan fingerprint density at radius 1 is 1.56 bits per heavy atom. The summed E-state index contributed by atoms with van der Waals surface area (Å²) in [5, 5.41) is 11.8. The smallest absolute Gasteiger partial charge is 0.236 e. The summed E-state index contributed by atoms with van der Waals surface area (Å²) in [6, 6.07) is 0. The van der Waals surface area contributed by atoms with Crippen LogP contribution in [-0.2, 0) is 4.79 Å². The number of amidine groups is 1. The van der Waals surface area contributed by atoms with Crippen LogP contribution in [0.15, 0.2) is 5.16 Å². The van der Waals surface area contributed by atoms with Crippen LogP contribution in [0.5, 0.6) is 0 Å². The van der Waals surface area contributed by atoms with Crippen molar-refractivity contribution in [1.29, 1.82) is 0 Å². The SMILES string of the molecule is CC1CCN(C(=O)C2(C(N)=NO)CCC2)C1.